The van der Waals surface area contributed by atoms with Crippen LogP contribution in [0.1, 0.15) is 26.2 Å². The van der Waals surface area contributed by atoms with Crippen LogP contribution in [-0.4, -0.2) is 32.3 Å². The van der Waals surface area contributed by atoms with Gasteiger partial charge in [-0.3, -0.25) is 0 Å². The molecule has 1 unspecified atom stereocenters. The maximum atomic E-state index is 11.0. The first kappa shape index (κ1) is 11.3. The molecule has 1 atom stereocenters. The first-order valence-electron chi connectivity index (χ1n) is 5.44. The Bertz CT molecular complexity index is 168. The molecule has 1 aliphatic heterocycles. The molecule has 4 heteroatoms. The van der Waals surface area contributed by atoms with E-state index in [0.717, 1.165) is 25.9 Å². The molecule has 2 N–H and O–H groups in total. The van der Waals surface area contributed by atoms with Gasteiger partial charge in [0.05, 0.1) is 6.61 Å². The van der Waals surface area contributed by atoms with E-state index in [1.807, 2.05) is 6.92 Å². The summed E-state index contributed by atoms with van der Waals surface area (Å²) < 4.78 is 5.03. The van der Waals surface area contributed by atoms with Gasteiger partial charge in [0.15, 0.2) is 0 Å². The van der Waals surface area contributed by atoms with Crippen LogP contribution in [0.5, 0.6) is 0 Å². The Kier molecular flexibility index (Phi) is 5.37. The lowest BCUT2D eigenvalue weighted by Crippen LogP contribution is -2.25. The minimum absolute atomic E-state index is 0.280. The van der Waals surface area contributed by atoms with Gasteiger partial charge >= 0.3 is 6.09 Å². The zero-order valence-corrected chi connectivity index (χ0v) is 8.84. The van der Waals surface area contributed by atoms with Crippen molar-refractivity contribution in [1.82, 2.24) is 10.6 Å². The van der Waals surface area contributed by atoms with Gasteiger partial charge in [-0.15, -0.1) is 0 Å². The normalized spacial score (nSPS) is 20.8. The van der Waals surface area contributed by atoms with Crippen LogP contribution in [0.4, 0.5) is 4.79 Å². The van der Waals surface area contributed by atoms with Crippen molar-refractivity contribution in [3.63, 3.8) is 0 Å². The van der Waals surface area contributed by atoms with Gasteiger partial charge in [0.2, 0.25) is 0 Å². The number of alkyl carbamates (subject to hydrolysis) is 1. The summed E-state index contributed by atoms with van der Waals surface area (Å²) in [7, 11) is 0. The topological polar surface area (TPSA) is 50.4 Å². The van der Waals surface area contributed by atoms with Crippen LogP contribution in [0, 0.1) is 5.92 Å². The molecule has 4 nitrogen and oxygen atoms in total. The van der Waals surface area contributed by atoms with Crippen molar-refractivity contribution < 1.29 is 9.53 Å². The zero-order valence-electron chi connectivity index (χ0n) is 8.84. The lowest BCUT2D eigenvalue weighted by atomic mass is 10.1. The Hall–Kier alpha value is -0.770. The van der Waals surface area contributed by atoms with Crippen molar-refractivity contribution in [2.45, 2.75) is 26.2 Å². The van der Waals surface area contributed by atoms with Crippen LogP contribution in [0.3, 0.4) is 0 Å². The largest absolute Gasteiger partial charge is 0.450 e. The molecule has 82 valence electrons. The van der Waals surface area contributed by atoms with E-state index in [-0.39, 0.29) is 6.09 Å². The van der Waals surface area contributed by atoms with E-state index >= 15 is 0 Å². The summed E-state index contributed by atoms with van der Waals surface area (Å²) in [6.45, 7) is 5.43. The molecule has 0 bridgehead atoms. The Balaban J connectivity index is 1.94. The van der Waals surface area contributed by atoms with Crippen molar-refractivity contribution in [2.75, 3.05) is 26.2 Å². The molecule has 0 saturated carbocycles. The highest BCUT2D eigenvalue weighted by Gasteiger charge is 2.14. The number of hydrogen-bond acceptors (Lipinski definition) is 3. The van der Waals surface area contributed by atoms with Gasteiger partial charge in [0, 0.05) is 6.54 Å². The van der Waals surface area contributed by atoms with E-state index in [4.69, 9.17) is 4.74 Å². The highest BCUT2D eigenvalue weighted by molar-refractivity contribution is 5.66. The van der Waals surface area contributed by atoms with Crippen LogP contribution in [0.25, 0.3) is 0 Å². The fourth-order valence-electron chi connectivity index (χ4n) is 1.56. The van der Waals surface area contributed by atoms with Gasteiger partial charge in [-0.1, -0.05) is 6.92 Å². The number of nitrogens with one attached hydrogen (secondary N) is 2. The molecule has 1 rings (SSSR count). The molecule has 1 saturated heterocycles. The minimum atomic E-state index is -0.280. The molecule has 0 spiro atoms. The summed E-state index contributed by atoms with van der Waals surface area (Å²) in [5.41, 5.74) is 0. The highest BCUT2D eigenvalue weighted by Crippen LogP contribution is 2.11. The molecule has 0 aromatic carbocycles. The quantitative estimate of drug-likeness (QED) is 0.699. The van der Waals surface area contributed by atoms with Crippen LogP contribution in [0.15, 0.2) is 0 Å². The van der Waals surface area contributed by atoms with E-state index in [1.165, 1.54) is 6.42 Å². The average molecular weight is 200 g/mol. The maximum absolute atomic E-state index is 11.0. The lowest BCUT2D eigenvalue weighted by molar-refractivity contribution is 0.139. The van der Waals surface area contributed by atoms with Gasteiger partial charge in [-0.2, -0.15) is 0 Å². The fraction of sp³-hybridized carbons (Fsp3) is 0.900. The van der Waals surface area contributed by atoms with Crippen LogP contribution in [-0.2, 0) is 4.74 Å². The molecule has 14 heavy (non-hydrogen) atoms. The smallest absolute Gasteiger partial charge is 0.407 e. The first-order valence-corrected chi connectivity index (χ1v) is 5.44. The van der Waals surface area contributed by atoms with Crippen LogP contribution >= 0.6 is 0 Å². The van der Waals surface area contributed by atoms with E-state index in [2.05, 4.69) is 10.6 Å². The molecule has 1 fully saturated rings. The molecular formula is C10H20N2O2. The second kappa shape index (κ2) is 6.65. The Labute approximate surface area is 85.4 Å². The average Bonchev–Trinajstić information content (AvgIpc) is 2.67. The molecule has 0 radical (unpaired) electrons. The first-order chi connectivity index (χ1) is 6.83. The lowest BCUT2D eigenvalue weighted by Gasteiger charge is -2.09. The van der Waals surface area contributed by atoms with Gasteiger partial charge in [0.1, 0.15) is 0 Å². The molecule has 1 amide bonds. The van der Waals surface area contributed by atoms with E-state index in [9.17, 15) is 4.79 Å². The van der Waals surface area contributed by atoms with Crippen molar-refractivity contribution in [3.05, 3.63) is 0 Å². The van der Waals surface area contributed by atoms with Gasteiger partial charge < -0.3 is 15.4 Å². The number of ether oxygens (including phenoxy) is 1. The van der Waals surface area contributed by atoms with Gasteiger partial charge in [-0.05, 0) is 38.3 Å². The maximum Gasteiger partial charge on any atom is 0.407 e. The standard InChI is InChI=1S/C10H20N2O2/c1-2-5-12-10(13)14-7-4-9-3-6-11-8-9/h9,11H,2-8H2,1H3,(H,12,13). The van der Waals surface area contributed by atoms with Crippen molar-refractivity contribution in [2.24, 2.45) is 5.92 Å². The summed E-state index contributed by atoms with van der Waals surface area (Å²) in [5, 5.41) is 5.97. The predicted octanol–water partition coefficient (Wildman–Crippen LogP) is 1.12. The Morgan fingerprint density at radius 2 is 2.50 bits per heavy atom. The monoisotopic (exact) mass is 200 g/mol. The van der Waals surface area contributed by atoms with Gasteiger partial charge in [0.25, 0.3) is 0 Å². The summed E-state index contributed by atoms with van der Waals surface area (Å²) in [5.74, 6) is 0.689. The van der Waals surface area contributed by atoms with Gasteiger partial charge in [-0.25, -0.2) is 4.79 Å². The number of amides is 1. The molecule has 1 heterocycles. The Morgan fingerprint density at radius 3 is 3.14 bits per heavy atom. The van der Waals surface area contributed by atoms with Crippen LogP contribution in [0.2, 0.25) is 0 Å². The number of carbonyl (C=O) groups is 1. The molecule has 0 aromatic rings. The second-order valence-electron chi connectivity index (χ2n) is 3.71. The SMILES string of the molecule is CCCNC(=O)OCCC1CCNC1. The minimum Gasteiger partial charge on any atom is -0.450 e. The summed E-state index contributed by atoms with van der Waals surface area (Å²) >= 11 is 0. The summed E-state index contributed by atoms with van der Waals surface area (Å²) in [4.78, 5) is 11.0. The number of carbonyl (C=O) groups excluding carboxylic acids is 1. The molecule has 1 aliphatic rings. The third-order valence-electron chi connectivity index (χ3n) is 2.44. The Morgan fingerprint density at radius 1 is 1.64 bits per heavy atom. The molecule has 0 aromatic heterocycles. The van der Waals surface area contributed by atoms with Crippen LogP contribution < -0.4 is 10.6 Å². The third kappa shape index (κ3) is 4.46. The van der Waals surface area contributed by atoms with E-state index in [1.54, 1.807) is 0 Å². The fourth-order valence-corrected chi connectivity index (χ4v) is 1.56. The van der Waals surface area contributed by atoms with Crippen molar-refractivity contribution in [3.8, 4) is 0 Å². The second-order valence-corrected chi connectivity index (χ2v) is 3.71. The number of hydrogen-bond donors (Lipinski definition) is 2. The third-order valence-corrected chi connectivity index (χ3v) is 2.44. The highest BCUT2D eigenvalue weighted by atomic mass is 16.5. The predicted molar refractivity (Wildman–Crippen MR) is 55.2 cm³/mol. The van der Waals surface area contributed by atoms with E-state index in [0.29, 0.717) is 19.1 Å². The zero-order chi connectivity index (χ0) is 10.2. The summed E-state index contributed by atoms with van der Waals surface area (Å²) in [6, 6.07) is 0. The van der Waals surface area contributed by atoms with Crippen molar-refractivity contribution in [1.29, 1.82) is 0 Å². The van der Waals surface area contributed by atoms with Crippen molar-refractivity contribution >= 4 is 6.09 Å². The van der Waals surface area contributed by atoms with E-state index < -0.39 is 0 Å². The summed E-state index contributed by atoms with van der Waals surface area (Å²) in [6.07, 6.45) is 2.85. The molecule has 0 aliphatic carbocycles. The number of rotatable bonds is 5. The molecular weight excluding hydrogens is 180 g/mol.